The first kappa shape index (κ1) is 11.4. The van der Waals surface area contributed by atoms with Gasteiger partial charge in [-0.15, -0.1) is 0 Å². The van der Waals surface area contributed by atoms with Crippen molar-refractivity contribution in [1.82, 2.24) is 0 Å². The molecule has 2 rings (SSSR count). The Hall–Kier alpha value is -2.07. The summed E-state index contributed by atoms with van der Waals surface area (Å²) >= 11 is 0. The molecule has 0 aromatic heterocycles. The topological polar surface area (TPSA) is 0 Å². The van der Waals surface area contributed by atoms with E-state index in [2.05, 4.69) is 11.8 Å². The first-order chi connectivity index (χ1) is 8.15. The summed E-state index contributed by atoms with van der Waals surface area (Å²) in [5.74, 6) is 5.91. The Morgan fingerprint density at radius 1 is 0.824 bits per heavy atom. The van der Waals surface area contributed by atoms with Crippen LogP contribution in [0.15, 0.2) is 42.5 Å². The zero-order valence-electron chi connectivity index (χ0n) is 9.92. The summed E-state index contributed by atoms with van der Waals surface area (Å²) in [7, 11) is 0. The van der Waals surface area contributed by atoms with Gasteiger partial charge in [0.25, 0.3) is 0 Å². The van der Waals surface area contributed by atoms with Gasteiger partial charge in [0.15, 0.2) is 0 Å². The van der Waals surface area contributed by atoms with E-state index in [1.807, 2.05) is 31.2 Å². The van der Waals surface area contributed by atoms with E-state index in [9.17, 15) is 4.39 Å². The molecule has 0 unspecified atom stereocenters. The van der Waals surface area contributed by atoms with E-state index in [-0.39, 0.29) is 5.82 Å². The maximum atomic E-state index is 13.1. The van der Waals surface area contributed by atoms with Crippen LogP contribution in [0.2, 0.25) is 0 Å². The average molecular weight is 224 g/mol. The Kier molecular flexibility index (Phi) is 3.25. The van der Waals surface area contributed by atoms with E-state index in [0.717, 1.165) is 11.1 Å². The predicted molar refractivity (Wildman–Crippen MR) is 68.3 cm³/mol. The lowest BCUT2D eigenvalue weighted by Gasteiger charge is -1.96. The van der Waals surface area contributed by atoms with Crippen molar-refractivity contribution in [3.8, 4) is 11.8 Å². The summed E-state index contributed by atoms with van der Waals surface area (Å²) in [6, 6.07) is 12.9. The Morgan fingerprint density at radius 2 is 1.41 bits per heavy atom. The molecule has 2 aromatic rings. The molecule has 0 N–H and O–H groups in total. The molecule has 1 heteroatoms. The number of rotatable bonds is 0. The van der Waals surface area contributed by atoms with Crippen LogP contribution in [0.1, 0.15) is 22.3 Å². The zero-order chi connectivity index (χ0) is 12.3. The fourth-order valence-electron chi connectivity index (χ4n) is 1.50. The minimum Gasteiger partial charge on any atom is -0.207 e. The highest BCUT2D eigenvalue weighted by atomic mass is 19.1. The molecule has 0 amide bonds. The third kappa shape index (κ3) is 2.95. The van der Waals surface area contributed by atoms with Crippen LogP contribution in [0.3, 0.4) is 0 Å². The second kappa shape index (κ2) is 4.84. The van der Waals surface area contributed by atoms with E-state index in [4.69, 9.17) is 0 Å². The smallest absolute Gasteiger partial charge is 0.126 e. The van der Waals surface area contributed by atoms with Crippen LogP contribution in [-0.4, -0.2) is 0 Å². The van der Waals surface area contributed by atoms with Crippen LogP contribution >= 0.6 is 0 Å². The van der Waals surface area contributed by atoms with E-state index in [1.165, 1.54) is 11.6 Å². The van der Waals surface area contributed by atoms with Gasteiger partial charge in [-0.25, -0.2) is 4.39 Å². The number of benzene rings is 2. The number of aryl methyl sites for hydroxylation is 2. The molecule has 0 saturated carbocycles. The van der Waals surface area contributed by atoms with E-state index in [0.29, 0.717) is 5.56 Å². The largest absolute Gasteiger partial charge is 0.207 e. The van der Waals surface area contributed by atoms with Crippen molar-refractivity contribution in [3.63, 3.8) is 0 Å². The first-order valence-electron chi connectivity index (χ1n) is 5.50. The molecule has 0 aliphatic carbocycles. The van der Waals surface area contributed by atoms with Gasteiger partial charge in [-0.2, -0.15) is 0 Å². The summed E-state index contributed by atoms with van der Waals surface area (Å²) < 4.78 is 13.1. The van der Waals surface area contributed by atoms with E-state index >= 15 is 0 Å². The molecule has 0 atom stereocenters. The molecule has 0 aliphatic heterocycles. The second-order valence-electron chi connectivity index (χ2n) is 4.08. The molecule has 0 fully saturated rings. The third-order valence-corrected chi connectivity index (χ3v) is 2.56. The summed E-state index contributed by atoms with van der Waals surface area (Å²) in [4.78, 5) is 0. The van der Waals surface area contributed by atoms with Gasteiger partial charge in [-0.3, -0.25) is 0 Å². The maximum absolute atomic E-state index is 13.1. The lowest BCUT2D eigenvalue weighted by Crippen LogP contribution is -1.83. The predicted octanol–water partition coefficient (Wildman–Crippen LogP) is 3.84. The summed E-state index contributed by atoms with van der Waals surface area (Å²) in [6.07, 6.45) is 0. The Morgan fingerprint density at radius 3 is 2.06 bits per heavy atom. The number of hydrogen-bond acceptors (Lipinski definition) is 0. The van der Waals surface area contributed by atoms with Gasteiger partial charge >= 0.3 is 0 Å². The number of halogens is 1. The van der Waals surface area contributed by atoms with Gasteiger partial charge in [0.2, 0.25) is 0 Å². The number of hydrogen-bond donors (Lipinski definition) is 0. The first-order valence-corrected chi connectivity index (χ1v) is 5.50. The van der Waals surface area contributed by atoms with Crippen molar-refractivity contribution >= 4 is 0 Å². The highest BCUT2D eigenvalue weighted by Gasteiger charge is 1.96. The molecule has 0 spiro atoms. The van der Waals surface area contributed by atoms with Gasteiger partial charge in [0, 0.05) is 11.1 Å². The minimum absolute atomic E-state index is 0.189. The van der Waals surface area contributed by atoms with Crippen molar-refractivity contribution in [2.45, 2.75) is 13.8 Å². The van der Waals surface area contributed by atoms with E-state index < -0.39 is 0 Å². The lowest BCUT2D eigenvalue weighted by atomic mass is 10.1. The van der Waals surface area contributed by atoms with Crippen molar-refractivity contribution in [1.29, 1.82) is 0 Å². The average Bonchev–Trinajstić information content (AvgIpc) is 2.33. The Bertz CT molecular complexity index is 583. The normalized spacial score (nSPS) is 9.59. The molecule has 84 valence electrons. The molecular weight excluding hydrogens is 211 g/mol. The molecule has 0 saturated heterocycles. The molecular formula is C16H13F. The standard InChI is InChI=1S/C16H13F/c1-12-3-5-14(6-4-12)7-8-15-9-10-16(17)13(2)11-15/h3-6,9-11H,1-2H3. The fraction of sp³-hybridized carbons (Fsp3) is 0.125. The van der Waals surface area contributed by atoms with Crippen LogP contribution in [0.4, 0.5) is 4.39 Å². The zero-order valence-corrected chi connectivity index (χ0v) is 9.92. The van der Waals surface area contributed by atoms with Gasteiger partial charge < -0.3 is 0 Å². The van der Waals surface area contributed by atoms with Crippen LogP contribution < -0.4 is 0 Å². The molecule has 17 heavy (non-hydrogen) atoms. The maximum Gasteiger partial charge on any atom is 0.126 e. The van der Waals surface area contributed by atoms with Crippen molar-refractivity contribution < 1.29 is 4.39 Å². The third-order valence-electron chi connectivity index (χ3n) is 2.56. The Balaban J connectivity index is 2.26. The minimum atomic E-state index is -0.189. The molecule has 0 bridgehead atoms. The second-order valence-corrected chi connectivity index (χ2v) is 4.08. The SMILES string of the molecule is Cc1ccc(C#Cc2ccc(F)c(C)c2)cc1. The molecule has 0 radical (unpaired) electrons. The summed E-state index contributed by atoms with van der Waals surface area (Å²) in [5, 5.41) is 0. The molecule has 2 aromatic carbocycles. The van der Waals surface area contributed by atoms with Crippen LogP contribution in [-0.2, 0) is 0 Å². The summed E-state index contributed by atoms with van der Waals surface area (Å²) in [5.41, 5.74) is 3.65. The van der Waals surface area contributed by atoms with Gasteiger partial charge in [0.1, 0.15) is 5.82 Å². The van der Waals surface area contributed by atoms with Crippen LogP contribution in [0.25, 0.3) is 0 Å². The summed E-state index contributed by atoms with van der Waals surface area (Å²) in [6.45, 7) is 3.78. The quantitative estimate of drug-likeness (QED) is 0.596. The van der Waals surface area contributed by atoms with Crippen LogP contribution in [0.5, 0.6) is 0 Å². The highest BCUT2D eigenvalue weighted by molar-refractivity contribution is 5.44. The van der Waals surface area contributed by atoms with Crippen molar-refractivity contribution in [3.05, 3.63) is 70.5 Å². The van der Waals surface area contributed by atoms with E-state index in [1.54, 1.807) is 19.1 Å². The van der Waals surface area contributed by atoms with Gasteiger partial charge in [0.05, 0.1) is 0 Å². The van der Waals surface area contributed by atoms with Crippen LogP contribution in [0, 0.1) is 31.5 Å². The fourth-order valence-corrected chi connectivity index (χ4v) is 1.50. The molecule has 0 aliphatic rings. The van der Waals surface area contributed by atoms with Crippen molar-refractivity contribution in [2.24, 2.45) is 0 Å². The van der Waals surface area contributed by atoms with Gasteiger partial charge in [-0.05, 0) is 49.7 Å². The Labute approximate surface area is 101 Å². The highest BCUT2D eigenvalue weighted by Crippen LogP contribution is 2.08. The molecule has 0 nitrogen and oxygen atoms in total. The monoisotopic (exact) mass is 224 g/mol. The lowest BCUT2D eigenvalue weighted by molar-refractivity contribution is 0.618. The van der Waals surface area contributed by atoms with Gasteiger partial charge in [-0.1, -0.05) is 29.5 Å². The molecule has 0 heterocycles. The van der Waals surface area contributed by atoms with Crippen molar-refractivity contribution in [2.75, 3.05) is 0 Å².